The van der Waals surface area contributed by atoms with Crippen molar-refractivity contribution in [2.75, 3.05) is 12.4 Å². The SMILES string of the molecule is CN(C1CC1)C(c1ccccc1)c1ccc(F)c(NC(=O)c2cc(C#N)nn2-c2cccc(CN)c2)c1. The number of aromatic nitrogens is 2. The maximum atomic E-state index is 15.0. The van der Waals surface area contributed by atoms with Crippen molar-refractivity contribution in [1.82, 2.24) is 14.7 Å². The van der Waals surface area contributed by atoms with E-state index in [9.17, 15) is 14.4 Å². The molecule has 3 aromatic carbocycles. The minimum Gasteiger partial charge on any atom is -0.326 e. The zero-order valence-electron chi connectivity index (χ0n) is 20.4. The maximum Gasteiger partial charge on any atom is 0.274 e. The Morgan fingerprint density at radius 3 is 2.62 bits per heavy atom. The zero-order valence-corrected chi connectivity index (χ0v) is 20.4. The van der Waals surface area contributed by atoms with Gasteiger partial charge in [0.25, 0.3) is 5.91 Å². The second kappa shape index (κ2) is 10.3. The molecule has 0 spiro atoms. The van der Waals surface area contributed by atoms with E-state index in [0.29, 0.717) is 18.3 Å². The number of hydrogen-bond acceptors (Lipinski definition) is 5. The number of carbonyl (C=O) groups is 1. The van der Waals surface area contributed by atoms with Gasteiger partial charge in [0, 0.05) is 18.7 Å². The molecule has 186 valence electrons. The summed E-state index contributed by atoms with van der Waals surface area (Å²) in [6, 6.07) is 25.9. The van der Waals surface area contributed by atoms with Crippen molar-refractivity contribution in [3.05, 3.63) is 113 Å². The second-order valence-corrected chi connectivity index (χ2v) is 9.22. The van der Waals surface area contributed by atoms with Crippen LogP contribution in [0.15, 0.2) is 78.9 Å². The lowest BCUT2D eigenvalue weighted by molar-refractivity contribution is 0.101. The summed E-state index contributed by atoms with van der Waals surface area (Å²) in [5, 5.41) is 16.4. The van der Waals surface area contributed by atoms with Crippen LogP contribution in [0.5, 0.6) is 0 Å². The lowest BCUT2D eigenvalue weighted by Crippen LogP contribution is -2.28. The van der Waals surface area contributed by atoms with Crippen LogP contribution in [-0.2, 0) is 6.54 Å². The summed E-state index contributed by atoms with van der Waals surface area (Å²) in [7, 11) is 2.08. The normalized spacial score (nSPS) is 13.8. The predicted molar refractivity (Wildman–Crippen MR) is 140 cm³/mol. The number of benzene rings is 3. The Labute approximate surface area is 214 Å². The van der Waals surface area contributed by atoms with Crippen LogP contribution in [0.2, 0.25) is 0 Å². The first kappa shape index (κ1) is 24.4. The van der Waals surface area contributed by atoms with E-state index in [1.54, 1.807) is 30.3 Å². The molecule has 1 unspecified atom stereocenters. The number of amides is 1. The molecule has 1 aliphatic carbocycles. The summed E-state index contributed by atoms with van der Waals surface area (Å²) in [4.78, 5) is 15.7. The Balaban J connectivity index is 1.49. The summed E-state index contributed by atoms with van der Waals surface area (Å²) in [6.07, 6.45) is 2.25. The first-order valence-corrected chi connectivity index (χ1v) is 12.2. The summed E-state index contributed by atoms with van der Waals surface area (Å²) in [6.45, 7) is 0.317. The third-order valence-corrected chi connectivity index (χ3v) is 6.65. The number of nitrogens with two attached hydrogens (primary N) is 1. The van der Waals surface area contributed by atoms with E-state index in [1.165, 1.54) is 16.8 Å². The summed E-state index contributed by atoms with van der Waals surface area (Å²) in [5.74, 6) is -1.12. The molecule has 0 radical (unpaired) electrons. The highest BCUT2D eigenvalue weighted by Gasteiger charge is 2.33. The van der Waals surface area contributed by atoms with E-state index in [0.717, 1.165) is 29.5 Å². The molecule has 1 amide bonds. The number of nitrogens with one attached hydrogen (secondary N) is 1. The number of anilines is 1. The van der Waals surface area contributed by atoms with Crippen molar-refractivity contribution >= 4 is 11.6 Å². The van der Waals surface area contributed by atoms with Crippen molar-refractivity contribution in [2.24, 2.45) is 5.73 Å². The Bertz CT molecular complexity index is 1470. The van der Waals surface area contributed by atoms with Crippen LogP contribution in [0.4, 0.5) is 10.1 Å². The van der Waals surface area contributed by atoms with Gasteiger partial charge in [-0.2, -0.15) is 10.4 Å². The van der Waals surface area contributed by atoms with Gasteiger partial charge in [-0.3, -0.25) is 9.69 Å². The van der Waals surface area contributed by atoms with Crippen molar-refractivity contribution < 1.29 is 9.18 Å². The van der Waals surface area contributed by atoms with Gasteiger partial charge in [-0.25, -0.2) is 9.07 Å². The molecule has 1 aliphatic rings. The minimum absolute atomic E-state index is 0.0644. The number of hydrogen-bond donors (Lipinski definition) is 2. The number of nitrogens with zero attached hydrogens (tertiary/aromatic N) is 4. The fourth-order valence-corrected chi connectivity index (χ4v) is 4.60. The zero-order chi connectivity index (χ0) is 25.9. The Morgan fingerprint density at radius 2 is 1.92 bits per heavy atom. The Morgan fingerprint density at radius 1 is 1.14 bits per heavy atom. The number of nitriles is 1. The highest BCUT2D eigenvalue weighted by atomic mass is 19.1. The molecule has 1 fully saturated rings. The predicted octanol–water partition coefficient (Wildman–Crippen LogP) is 4.78. The topological polar surface area (TPSA) is 100.0 Å². The van der Waals surface area contributed by atoms with E-state index < -0.39 is 11.7 Å². The van der Waals surface area contributed by atoms with Crippen LogP contribution in [-0.4, -0.2) is 33.7 Å². The number of halogens is 1. The van der Waals surface area contributed by atoms with Crippen molar-refractivity contribution in [3.8, 4) is 11.8 Å². The maximum absolute atomic E-state index is 15.0. The fourth-order valence-electron chi connectivity index (χ4n) is 4.60. The molecule has 1 heterocycles. The quantitative estimate of drug-likeness (QED) is 0.367. The summed E-state index contributed by atoms with van der Waals surface area (Å²) < 4.78 is 16.3. The van der Waals surface area contributed by atoms with Gasteiger partial charge < -0.3 is 11.1 Å². The smallest absolute Gasteiger partial charge is 0.274 e. The first-order chi connectivity index (χ1) is 18.0. The van der Waals surface area contributed by atoms with Gasteiger partial charge >= 0.3 is 0 Å². The largest absolute Gasteiger partial charge is 0.326 e. The third-order valence-electron chi connectivity index (χ3n) is 6.65. The lowest BCUT2D eigenvalue weighted by Gasteiger charge is -2.29. The number of carbonyl (C=O) groups excluding carboxylic acids is 1. The van der Waals surface area contributed by atoms with Gasteiger partial charge in [-0.1, -0.05) is 48.5 Å². The highest BCUT2D eigenvalue weighted by molar-refractivity contribution is 6.03. The standard InChI is InChI=1S/C29H27FN6O/c1-35(23-11-12-23)28(20-7-3-2-4-8-20)21-10-13-25(30)26(15-21)33-29(37)27-16-22(18-32)34-36(27)24-9-5-6-19(14-24)17-31/h2-10,13-16,23,28H,11-12,17,31H2,1H3,(H,33,37). The van der Waals surface area contributed by atoms with Crippen LogP contribution in [0.25, 0.3) is 5.69 Å². The monoisotopic (exact) mass is 494 g/mol. The van der Waals surface area contributed by atoms with Gasteiger partial charge in [0.15, 0.2) is 5.69 Å². The van der Waals surface area contributed by atoms with Crippen LogP contribution >= 0.6 is 0 Å². The first-order valence-electron chi connectivity index (χ1n) is 12.2. The third kappa shape index (κ3) is 5.14. The van der Waals surface area contributed by atoms with Gasteiger partial charge in [0.05, 0.1) is 17.4 Å². The molecule has 0 saturated heterocycles. The summed E-state index contributed by atoms with van der Waals surface area (Å²) in [5.41, 5.74) is 9.42. The van der Waals surface area contributed by atoms with E-state index in [-0.39, 0.29) is 23.1 Å². The van der Waals surface area contributed by atoms with Crippen molar-refractivity contribution in [3.63, 3.8) is 0 Å². The molecule has 0 bridgehead atoms. The average Bonchev–Trinajstić information content (AvgIpc) is 3.69. The minimum atomic E-state index is -0.574. The molecule has 5 rings (SSSR count). The highest BCUT2D eigenvalue weighted by Crippen LogP contribution is 2.37. The molecule has 7 nitrogen and oxygen atoms in total. The molecule has 1 saturated carbocycles. The molecule has 1 aromatic heterocycles. The molecular formula is C29H27FN6O. The van der Waals surface area contributed by atoms with Crippen molar-refractivity contribution in [1.29, 1.82) is 5.26 Å². The van der Waals surface area contributed by atoms with Gasteiger partial charge in [0.1, 0.15) is 17.6 Å². The van der Waals surface area contributed by atoms with Gasteiger partial charge in [-0.15, -0.1) is 0 Å². The second-order valence-electron chi connectivity index (χ2n) is 9.22. The van der Waals surface area contributed by atoms with Gasteiger partial charge in [-0.05, 0) is 60.8 Å². The van der Waals surface area contributed by atoms with Crippen LogP contribution in [0, 0.1) is 17.1 Å². The van der Waals surface area contributed by atoms with Gasteiger partial charge in [0.2, 0.25) is 0 Å². The van der Waals surface area contributed by atoms with E-state index >= 15 is 0 Å². The van der Waals surface area contributed by atoms with E-state index in [1.807, 2.05) is 30.3 Å². The van der Waals surface area contributed by atoms with Crippen LogP contribution in [0.1, 0.15) is 51.8 Å². The number of rotatable bonds is 8. The summed E-state index contributed by atoms with van der Waals surface area (Å²) >= 11 is 0. The molecule has 3 N–H and O–H groups in total. The molecular weight excluding hydrogens is 467 g/mol. The van der Waals surface area contributed by atoms with E-state index in [4.69, 9.17) is 5.73 Å². The molecule has 0 aliphatic heterocycles. The Hall–Kier alpha value is -4.32. The average molecular weight is 495 g/mol. The van der Waals surface area contributed by atoms with Crippen molar-refractivity contribution in [2.45, 2.75) is 31.5 Å². The molecule has 8 heteroatoms. The van der Waals surface area contributed by atoms with E-state index in [2.05, 4.69) is 34.5 Å². The molecule has 4 aromatic rings. The molecule has 37 heavy (non-hydrogen) atoms. The fraction of sp³-hybridized carbons (Fsp3) is 0.207. The lowest BCUT2D eigenvalue weighted by atomic mass is 9.96. The van der Waals surface area contributed by atoms with Crippen LogP contribution in [0.3, 0.4) is 0 Å². The molecule has 1 atom stereocenters. The van der Waals surface area contributed by atoms with Crippen LogP contribution < -0.4 is 11.1 Å². The Kier molecular flexibility index (Phi) is 6.82.